The van der Waals surface area contributed by atoms with Gasteiger partial charge >= 0.3 is 5.24 Å². The third-order valence-electron chi connectivity index (χ3n) is 4.79. The first-order valence-corrected chi connectivity index (χ1v) is 9.68. The molecule has 0 aromatic heterocycles. The predicted octanol–water partition coefficient (Wildman–Crippen LogP) is 2.58. The summed E-state index contributed by atoms with van der Waals surface area (Å²) in [5.74, 6) is 0.536. The van der Waals surface area contributed by atoms with Crippen molar-refractivity contribution in [3.63, 3.8) is 0 Å². The molecule has 154 valence electrons. The number of hydrogen-bond donors (Lipinski definition) is 1. The summed E-state index contributed by atoms with van der Waals surface area (Å²) in [5.41, 5.74) is 0.858. The van der Waals surface area contributed by atoms with E-state index in [0.717, 1.165) is 5.56 Å². The Balaban J connectivity index is 1.51. The van der Waals surface area contributed by atoms with Crippen LogP contribution in [0.2, 0.25) is 0 Å². The van der Waals surface area contributed by atoms with Crippen LogP contribution in [0.15, 0.2) is 60.7 Å². The number of methoxy groups -OCH3 is 1. The third-order valence-corrected chi connectivity index (χ3v) is 4.97. The Labute approximate surface area is 174 Å². The number of aliphatic hydroxyl groups is 1. The first kappa shape index (κ1) is 20.2. The molecule has 2 saturated heterocycles. The molecule has 6 atom stereocenters. The molecule has 0 radical (unpaired) electrons. The highest BCUT2D eigenvalue weighted by Crippen LogP contribution is 2.35. The van der Waals surface area contributed by atoms with Crippen LogP contribution in [-0.4, -0.2) is 54.8 Å². The van der Waals surface area contributed by atoms with E-state index < -0.39 is 37.0 Å². The number of para-hydroxylation sites is 1. The Hall–Kier alpha value is -2.07. The van der Waals surface area contributed by atoms with Gasteiger partial charge in [0.2, 0.25) is 0 Å². The van der Waals surface area contributed by atoms with Gasteiger partial charge in [-0.3, -0.25) is 0 Å². The maximum Gasteiger partial charge on any atom is 0.358 e. The predicted molar refractivity (Wildman–Crippen MR) is 106 cm³/mol. The van der Waals surface area contributed by atoms with E-state index in [4.69, 9.17) is 40.6 Å². The molecule has 7 nitrogen and oxygen atoms in total. The van der Waals surface area contributed by atoms with Crippen molar-refractivity contribution in [2.75, 3.05) is 13.7 Å². The largest absolute Gasteiger partial charge is 0.447 e. The average molecular weight is 418 g/mol. The standard InChI is InChI=1S/C21H22O7S/c1-23-20-16(22)18(28-21(29)25-14-10-6-3-7-11-14)17-15(26-20)12-24-19(27-17)13-8-4-2-5-9-13/h2-11,15-20,22H,12H2,1H3/t15-,16+,17-,18-,19?,20+/m1/s1. The second-order valence-electron chi connectivity index (χ2n) is 6.69. The third kappa shape index (κ3) is 4.58. The molecule has 0 saturated carbocycles. The van der Waals surface area contributed by atoms with Crippen molar-refractivity contribution < 1.29 is 33.5 Å². The Morgan fingerprint density at radius 2 is 1.72 bits per heavy atom. The van der Waals surface area contributed by atoms with Gasteiger partial charge in [-0.15, -0.1) is 0 Å². The molecule has 2 aromatic rings. The topological polar surface area (TPSA) is 75.6 Å². The van der Waals surface area contributed by atoms with Gasteiger partial charge in [0.15, 0.2) is 18.7 Å². The molecular formula is C21H22O7S. The summed E-state index contributed by atoms with van der Waals surface area (Å²) in [5, 5.41) is 10.6. The van der Waals surface area contributed by atoms with Crippen LogP contribution in [0, 0.1) is 0 Å². The number of benzene rings is 2. The highest BCUT2D eigenvalue weighted by molar-refractivity contribution is 7.79. The zero-order valence-corrected chi connectivity index (χ0v) is 16.6. The van der Waals surface area contributed by atoms with Gasteiger partial charge < -0.3 is 33.5 Å². The van der Waals surface area contributed by atoms with Gasteiger partial charge in [0.05, 0.1) is 6.61 Å². The van der Waals surface area contributed by atoms with Crippen molar-refractivity contribution in [1.29, 1.82) is 0 Å². The Morgan fingerprint density at radius 1 is 1.03 bits per heavy atom. The van der Waals surface area contributed by atoms with Crippen LogP contribution in [-0.2, 0) is 23.7 Å². The van der Waals surface area contributed by atoms with Crippen LogP contribution in [0.5, 0.6) is 5.75 Å². The number of rotatable bonds is 4. The van der Waals surface area contributed by atoms with Gasteiger partial charge in [-0.2, -0.15) is 0 Å². The summed E-state index contributed by atoms with van der Waals surface area (Å²) in [6, 6.07) is 18.6. The number of thiocarbonyl (C=S) groups is 1. The van der Waals surface area contributed by atoms with E-state index in [2.05, 4.69) is 0 Å². The number of aliphatic hydroxyl groups excluding tert-OH is 1. The van der Waals surface area contributed by atoms with Gasteiger partial charge in [0.1, 0.15) is 24.1 Å². The average Bonchev–Trinajstić information content (AvgIpc) is 2.76. The highest BCUT2D eigenvalue weighted by Gasteiger charge is 2.51. The fraction of sp³-hybridized carbons (Fsp3) is 0.381. The maximum atomic E-state index is 10.7. The molecule has 0 spiro atoms. The Morgan fingerprint density at radius 3 is 2.41 bits per heavy atom. The molecule has 0 amide bonds. The van der Waals surface area contributed by atoms with E-state index >= 15 is 0 Å². The number of ether oxygens (including phenoxy) is 6. The molecule has 2 aliphatic rings. The molecule has 2 aliphatic heterocycles. The summed E-state index contributed by atoms with van der Waals surface area (Å²) < 4.78 is 34.3. The van der Waals surface area contributed by atoms with Crippen LogP contribution >= 0.6 is 12.2 Å². The molecule has 0 aliphatic carbocycles. The lowest BCUT2D eigenvalue weighted by Crippen LogP contribution is -2.63. The fourth-order valence-electron chi connectivity index (χ4n) is 3.39. The summed E-state index contributed by atoms with van der Waals surface area (Å²) in [4.78, 5) is 0. The van der Waals surface area contributed by atoms with Crippen LogP contribution in [0.3, 0.4) is 0 Å². The van der Waals surface area contributed by atoms with Gasteiger partial charge in [-0.25, -0.2) is 0 Å². The minimum absolute atomic E-state index is 0.123. The minimum atomic E-state index is -1.13. The molecule has 29 heavy (non-hydrogen) atoms. The van der Waals surface area contributed by atoms with Gasteiger partial charge in [0.25, 0.3) is 0 Å². The Kier molecular flexibility index (Phi) is 6.39. The van der Waals surface area contributed by atoms with Crippen molar-refractivity contribution in [1.82, 2.24) is 0 Å². The smallest absolute Gasteiger partial charge is 0.358 e. The molecular weight excluding hydrogens is 396 g/mol. The molecule has 1 unspecified atom stereocenters. The number of hydrogen-bond acceptors (Lipinski definition) is 8. The van der Waals surface area contributed by atoms with E-state index in [1.807, 2.05) is 48.5 Å². The maximum absolute atomic E-state index is 10.7. The zero-order valence-electron chi connectivity index (χ0n) is 15.7. The van der Waals surface area contributed by atoms with Crippen molar-refractivity contribution in [3.8, 4) is 5.75 Å². The molecule has 2 aromatic carbocycles. The Bertz CT molecular complexity index is 803. The quantitative estimate of drug-likeness (QED) is 0.760. The van der Waals surface area contributed by atoms with Gasteiger partial charge in [0, 0.05) is 24.9 Å². The van der Waals surface area contributed by atoms with Gasteiger partial charge in [-0.05, 0) is 12.1 Å². The van der Waals surface area contributed by atoms with Crippen LogP contribution < -0.4 is 4.74 Å². The minimum Gasteiger partial charge on any atom is -0.447 e. The monoisotopic (exact) mass is 418 g/mol. The molecule has 8 heteroatoms. The molecule has 4 rings (SSSR count). The van der Waals surface area contributed by atoms with Crippen molar-refractivity contribution in [2.24, 2.45) is 0 Å². The normalized spacial score (nSPS) is 31.5. The summed E-state index contributed by atoms with van der Waals surface area (Å²) in [6.07, 6.45) is -4.62. The lowest BCUT2D eigenvalue weighted by atomic mass is 9.97. The van der Waals surface area contributed by atoms with E-state index in [0.29, 0.717) is 5.75 Å². The van der Waals surface area contributed by atoms with E-state index in [9.17, 15) is 5.11 Å². The molecule has 1 N–H and O–H groups in total. The lowest BCUT2D eigenvalue weighted by molar-refractivity contribution is -0.356. The van der Waals surface area contributed by atoms with Crippen LogP contribution in [0.25, 0.3) is 0 Å². The summed E-state index contributed by atoms with van der Waals surface area (Å²) in [7, 11) is 1.45. The van der Waals surface area contributed by atoms with E-state index in [1.54, 1.807) is 12.1 Å². The lowest BCUT2D eigenvalue weighted by Gasteiger charge is -2.47. The second kappa shape index (κ2) is 9.17. The molecule has 2 fully saturated rings. The molecule has 2 heterocycles. The van der Waals surface area contributed by atoms with Crippen LogP contribution in [0.1, 0.15) is 11.9 Å². The van der Waals surface area contributed by atoms with Crippen molar-refractivity contribution in [3.05, 3.63) is 66.2 Å². The number of fused-ring (bicyclic) bond motifs is 1. The summed E-state index contributed by atoms with van der Waals surface area (Å²) >= 11 is 5.24. The van der Waals surface area contributed by atoms with Crippen molar-refractivity contribution >= 4 is 17.5 Å². The highest BCUT2D eigenvalue weighted by atomic mass is 32.1. The first-order valence-electron chi connectivity index (χ1n) is 9.27. The first-order chi connectivity index (χ1) is 14.2. The van der Waals surface area contributed by atoms with E-state index in [1.165, 1.54) is 7.11 Å². The molecule has 0 bridgehead atoms. The second-order valence-corrected chi connectivity index (χ2v) is 7.03. The summed E-state index contributed by atoms with van der Waals surface area (Å²) in [6.45, 7) is 0.253. The SMILES string of the molecule is CO[C@H]1O[C@@H]2COC(c3ccccc3)O[C@H]2[C@H](OC(=S)Oc2ccccc2)[C@@H]1O. The van der Waals surface area contributed by atoms with E-state index in [-0.39, 0.29) is 11.8 Å². The van der Waals surface area contributed by atoms with Crippen LogP contribution in [0.4, 0.5) is 0 Å². The van der Waals surface area contributed by atoms with Gasteiger partial charge in [-0.1, -0.05) is 48.5 Å². The fourth-order valence-corrected chi connectivity index (χ4v) is 3.60. The van der Waals surface area contributed by atoms with Crippen molar-refractivity contribution in [2.45, 2.75) is 37.0 Å². The zero-order chi connectivity index (χ0) is 20.2.